The maximum atomic E-state index is 11.8. The molecule has 20 heavy (non-hydrogen) atoms. The third-order valence-electron chi connectivity index (χ3n) is 2.91. The number of urea groups is 1. The molecule has 114 valence electrons. The molecule has 1 heterocycles. The van der Waals surface area contributed by atoms with Crippen LogP contribution in [0.25, 0.3) is 0 Å². The lowest BCUT2D eigenvalue weighted by molar-refractivity contribution is -0.158. The molecule has 0 aromatic carbocycles. The second-order valence-electron chi connectivity index (χ2n) is 4.41. The van der Waals surface area contributed by atoms with Gasteiger partial charge in [-0.2, -0.15) is 0 Å². The van der Waals surface area contributed by atoms with Crippen molar-refractivity contribution in [2.75, 3.05) is 33.4 Å². The molecule has 8 nitrogen and oxygen atoms in total. The number of amides is 2. The molecule has 8 heteroatoms. The maximum Gasteiger partial charge on any atom is 0.336 e. The molecule has 0 aromatic heterocycles. The van der Waals surface area contributed by atoms with Crippen LogP contribution in [0.2, 0.25) is 0 Å². The van der Waals surface area contributed by atoms with E-state index >= 15 is 0 Å². The summed E-state index contributed by atoms with van der Waals surface area (Å²) in [4.78, 5) is 35.0. The van der Waals surface area contributed by atoms with E-state index in [9.17, 15) is 14.4 Å². The predicted octanol–water partition coefficient (Wildman–Crippen LogP) is -0.175. The average Bonchev–Trinajstić information content (AvgIpc) is 2.45. The lowest BCUT2D eigenvalue weighted by Crippen LogP contribution is -2.52. The highest BCUT2D eigenvalue weighted by molar-refractivity contribution is 5.78. The summed E-state index contributed by atoms with van der Waals surface area (Å²) >= 11 is 0. The highest BCUT2D eigenvalue weighted by Gasteiger charge is 2.29. The van der Waals surface area contributed by atoms with Crippen molar-refractivity contribution >= 4 is 18.0 Å². The number of nitrogens with one attached hydrogen (secondary N) is 1. The van der Waals surface area contributed by atoms with E-state index in [-0.39, 0.29) is 25.6 Å². The number of esters is 1. The smallest absolute Gasteiger partial charge is 0.336 e. The van der Waals surface area contributed by atoms with Crippen LogP contribution < -0.4 is 5.32 Å². The van der Waals surface area contributed by atoms with Crippen LogP contribution in [-0.2, 0) is 19.1 Å². The van der Waals surface area contributed by atoms with Gasteiger partial charge in [0, 0.05) is 19.5 Å². The monoisotopic (exact) mass is 288 g/mol. The van der Waals surface area contributed by atoms with E-state index in [1.807, 2.05) is 0 Å². The molecule has 1 unspecified atom stereocenters. The molecule has 2 amide bonds. The number of carboxylic acids is 1. The molecule has 1 atom stereocenters. The van der Waals surface area contributed by atoms with Crippen molar-refractivity contribution in [2.45, 2.75) is 25.4 Å². The van der Waals surface area contributed by atoms with Gasteiger partial charge < -0.3 is 24.8 Å². The minimum atomic E-state index is -0.842. The van der Waals surface area contributed by atoms with Crippen molar-refractivity contribution in [3.63, 3.8) is 0 Å². The van der Waals surface area contributed by atoms with Gasteiger partial charge in [-0.05, 0) is 12.8 Å². The fourth-order valence-electron chi connectivity index (χ4n) is 1.82. The number of carboxylic acid groups (broad SMARTS) is 1. The Kier molecular flexibility index (Phi) is 6.78. The molecular formula is C12H20N2O6. The first-order valence-electron chi connectivity index (χ1n) is 6.48. The zero-order valence-corrected chi connectivity index (χ0v) is 11.5. The molecule has 0 aliphatic carbocycles. The lowest BCUT2D eigenvalue weighted by Gasteiger charge is -2.31. The second-order valence-corrected chi connectivity index (χ2v) is 4.41. The molecule has 2 N–H and O–H groups in total. The SMILES string of the molecule is COC(=O)C1CN(C(=O)NCCCCC(=O)O)CCO1. The fraction of sp³-hybridized carbons (Fsp3) is 0.750. The van der Waals surface area contributed by atoms with Gasteiger partial charge in [0.15, 0.2) is 6.10 Å². The van der Waals surface area contributed by atoms with E-state index in [0.717, 1.165) is 0 Å². The van der Waals surface area contributed by atoms with E-state index in [1.54, 1.807) is 0 Å². The molecule has 0 radical (unpaired) electrons. The minimum Gasteiger partial charge on any atom is -0.481 e. The van der Waals surface area contributed by atoms with Crippen LogP contribution in [0.5, 0.6) is 0 Å². The largest absolute Gasteiger partial charge is 0.481 e. The number of hydrogen-bond donors (Lipinski definition) is 2. The van der Waals surface area contributed by atoms with Crippen molar-refractivity contribution in [1.29, 1.82) is 0 Å². The molecule has 1 fully saturated rings. The molecular weight excluding hydrogens is 268 g/mol. The van der Waals surface area contributed by atoms with Crippen LogP contribution in [0.15, 0.2) is 0 Å². The van der Waals surface area contributed by atoms with Crippen molar-refractivity contribution in [3.8, 4) is 0 Å². The molecule has 1 saturated heterocycles. The van der Waals surface area contributed by atoms with E-state index < -0.39 is 18.0 Å². The Hall–Kier alpha value is -1.83. The van der Waals surface area contributed by atoms with Crippen molar-refractivity contribution in [3.05, 3.63) is 0 Å². The normalized spacial score (nSPS) is 18.4. The first-order chi connectivity index (χ1) is 9.54. The molecule has 1 aliphatic heterocycles. The topological polar surface area (TPSA) is 105 Å². The molecule has 1 rings (SSSR count). The fourth-order valence-corrected chi connectivity index (χ4v) is 1.82. The number of rotatable bonds is 6. The number of ether oxygens (including phenoxy) is 2. The van der Waals surface area contributed by atoms with Crippen molar-refractivity contribution < 1.29 is 29.0 Å². The average molecular weight is 288 g/mol. The third kappa shape index (κ3) is 5.43. The first-order valence-corrected chi connectivity index (χ1v) is 6.48. The number of methoxy groups -OCH3 is 1. The predicted molar refractivity (Wildman–Crippen MR) is 68.2 cm³/mol. The number of hydrogen-bond acceptors (Lipinski definition) is 5. The minimum absolute atomic E-state index is 0.0951. The molecule has 0 bridgehead atoms. The number of morpholine rings is 1. The zero-order chi connectivity index (χ0) is 15.0. The Labute approximate surface area is 117 Å². The summed E-state index contributed by atoms with van der Waals surface area (Å²) in [5, 5.41) is 11.2. The molecule has 0 spiro atoms. The van der Waals surface area contributed by atoms with Gasteiger partial charge in [-0.3, -0.25) is 4.79 Å². The maximum absolute atomic E-state index is 11.8. The molecule has 0 saturated carbocycles. The van der Waals surface area contributed by atoms with Gasteiger partial charge in [0.2, 0.25) is 0 Å². The molecule has 0 aromatic rings. The first kappa shape index (κ1) is 16.2. The Morgan fingerprint density at radius 3 is 2.80 bits per heavy atom. The number of carbonyl (C=O) groups is 3. The summed E-state index contributed by atoms with van der Waals surface area (Å²) in [5.41, 5.74) is 0. The Bertz CT molecular complexity index is 360. The zero-order valence-electron chi connectivity index (χ0n) is 11.5. The van der Waals surface area contributed by atoms with Crippen LogP contribution in [0.4, 0.5) is 4.79 Å². The van der Waals surface area contributed by atoms with Gasteiger partial charge in [-0.15, -0.1) is 0 Å². The lowest BCUT2D eigenvalue weighted by atomic mass is 10.2. The van der Waals surface area contributed by atoms with E-state index in [2.05, 4.69) is 10.1 Å². The summed E-state index contributed by atoms with van der Waals surface area (Å²) in [6, 6.07) is -0.280. The summed E-state index contributed by atoms with van der Waals surface area (Å²) in [6.45, 7) is 1.26. The van der Waals surface area contributed by atoms with Gasteiger partial charge in [-0.25, -0.2) is 9.59 Å². The van der Waals surface area contributed by atoms with E-state index in [1.165, 1.54) is 12.0 Å². The summed E-state index contributed by atoms with van der Waals surface area (Å²) in [5.74, 6) is -1.34. The van der Waals surface area contributed by atoms with Crippen LogP contribution >= 0.6 is 0 Å². The van der Waals surface area contributed by atoms with Crippen LogP contribution in [0.1, 0.15) is 19.3 Å². The van der Waals surface area contributed by atoms with Gasteiger partial charge in [0.05, 0.1) is 20.3 Å². The van der Waals surface area contributed by atoms with Crippen molar-refractivity contribution in [1.82, 2.24) is 10.2 Å². The van der Waals surface area contributed by atoms with Gasteiger partial charge in [0.25, 0.3) is 0 Å². The number of aliphatic carboxylic acids is 1. The van der Waals surface area contributed by atoms with Crippen LogP contribution in [-0.4, -0.2) is 67.4 Å². The van der Waals surface area contributed by atoms with Crippen molar-refractivity contribution in [2.24, 2.45) is 0 Å². The Balaban J connectivity index is 2.25. The van der Waals surface area contributed by atoms with Gasteiger partial charge in [-0.1, -0.05) is 0 Å². The molecule has 1 aliphatic rings. The van der Waals surface area contributed by atoms with Gasteiger partial charge >= 0.3 is 18.0 Å². The summed E-state index contributed by atoms with van der Waals surface area (Å²) in [6.07, 6.45) is 0.468. The Morgan fingerprint density at radius 2 is 2.15 bits per heavy atom. The van der Waals surface area contributed by atoms with Crippen LogP contribution in [0, 0.1) is 0 Å². The highest BCUT2D eigenvalue weighted by atomic mass is 16.6. The third-order valence-corrected chi connectivity index (χ3v) is 2.91. The summed E-state index contributed by atoms with van der Waals surface area (Å²) in [7, 11) is 1.27. The highest BCUT2D eigenvalue weighted by Crippen LogP contribution is 2.07. The van der Waals surface area contributed by atoms with Crippen LogP contribution in [0.3, 0.4) is 0 Å². The van der Waals surface area contributed by atoms with E-state index in [4.69, 9.17) is 9.84 Å². The number of unbranched alkanes of at least 4 members (excludes halogenated alkanes) is 1. The summed E-state index contributed by atoms with van der Waals surface area (Å²) < 4.78 is 9.79. The standard InChI is InChI=1S/C12H20N2O6/c1-19-11(17)9-8-14(6-7-20-9)12(18)13-5-3-2-4-10(15)16/h9H,2-8H2,1H3,(H,13,18)(H,15,16). The van der Waals surface area contributed by atoms with Gasteiger partial charge in [0.1, 0.15) is 0 Å². The number of nitrogens with zero attached hydrogens (tertiary/aromatic N) is 1. The Morgan fingerprint density at radius 1 is 1.40 bits per heavy atom. The second kappa shape index (κ2) is 8.36. The number of carbonyl (C=O) groups excluding carboxylic acids is 2. The van der Waals surface area contributed by atoms with E-state index in [0.29, 0.717) is 25.9 Å². The quantitative estimate of drug-likeness (QED) is 0.519.